The van der Waals surface area contributed by atoms with Gasteiger partial charge in [0.05, 0.1) is 16.9 Å². The van der Waals surface area contributed by atoms with E-state index in [0.29, 0.717) is 7.28 Å². The summed E-state index contributed by atoms with van der Waals surface area (Å²) in [6, 6.07) is 64.8. The molecule has 1 aliphatic rings. The third kappa shape index (κ3) is 8.21. The number of rotatable bonds is 6. The van der Waals surface area contributed by atoms with Gasteiger partial charge in [-0.05, 0) is 146 Å². The quantitative estimate of drug-likeness (QED) is 0.169. The minimum Gasteiger partial charge on any atom is -0.469 e. The standard InChI is InChI=1S/C72H66BN3OS2/c1-69(2,3)41-17-24-45(25-18-41)74-58-39-63-55(50-31-30-48(36-62(50)79-63)75(46-26-19-42(20-27-46)70(4,5)6)47-28-21-43(22-29-47)71(7,8)9)37-53(58)51-32-33-52-54-38-56-49-15-13-14-16-61(49)78-64(56)40-59(54)76-66(52)65(51)73-68-67(76)57-35-44(72(10,11)12)23-34-60(57)77-68/h13-40,73-74H,1-12H3. The van der Waals surface area contributed by atoms with Crippen LogP contribution in [-0.4, -0.2) is 11.8 Å². The van der Waals surface area contributed by atoms with Crippen molar-refractivity contribution in [3.05, 3.63) is 192 Å². The Morgan fingerprint density at radius 3 is 1.63 bits per heavy atom. The molecule has 4 nitrogen and oxygen atoms in total. The predicted molar refractivity (Wildman–Crippen MR) is 347 cm³/mol. The molecule has 0 saturated heterocycles. The molecule has 1 N–H and O–H groups in total. The number of anilines is 5. The Morgan fingerprint density at radius 2 is 0.975 bits per heavy atom. The lowest BCUT2D eigenvalue weighted by Crippen LogP contribution is -2.36. The molecule has 390 valence electrons. The molecule has 0 bridgehead atoms. The molecule has 1 aliphatic heterocycles. The first-order valence-electron chi connectivity index (χ1n) is 28.0. The van der Waals surface area contributed by atoms with Gasteiger partial charge in [0.15, 0.2) is 0 Å². The Balaban J connectivity index is 0.993. The lowest BCUT2D eigenvalue weighted by Gasteiger charge is -2.28. The second-order valence-electron chi connectivity index (χ2n) is 26.4. The van der Waals surface area contributed by atoms with E-state index in [-0.39, 0.29) is 21.7 Å². The highest BCUT2D eigenvalue weighted by Gasteiger charge is 2.32. The molecule has 0 atom stereocenters. The van der Waals surface area contributed by atoms with Crippen molar-refractivity contribution < 1.29 is 4.42 Å². The molecule has 0 unspecified atom stereocenters. The van der Waals surface area contributed by atoms with Crippen molar-refractivity contribution >= 4 is 143 Å². The highest BCUT2D eigenvalue weighted by Crippen LogP contribution is 2.48. The lowest BCUT2D eigenvalue weighted by atomic mass is 9.62. The van der Waals surface area contributed by atoms with E-state index in [1.807, 2.05) is 22.7 Å². The van der Waals surface area contributed by atoms with Gasteiger partial charge in [-0.3, -0.25) is 0 Å². The van der Waals surface area contributed by atoms with Gasteiger partial charge in [-0.15, -0.1) is 22.7 Å². The van der Waals surface area contributed by atoms with Crippen molar-refractivity contribution in [2.24, 2.45) is 0 Å². The van der Waals surface area contributed by atoms with Crippen molar-refractivity contribution in [3.63, 3.8) is 0 Å². The van der Waals surface area contributed by atoms with Gasteiger partial charge >= 0.3 is 0 Å². The fourth-order valence-electron chi connectivity index (χ4n) is 12.3. The van der Waals surface area contributed by atoms with E-state index in [2.05, 4.69) is 268 Å². The van der Waals surface area contributed by atoms with E-state index >= 15 is 0 Å². The minimum atomic E-state index is -0.0198. The SMILES string of the molecule is CC(C)(C)c1ccc(Nc2cc3sc4cc(N(c5ccc(C(C)(C)C)cc5)c5ccc(C(C)(C)C)cc5)ccc4c3cc2-c2ccc3c4cc5c(cc4n4c3c2Bc2oc3ccc(C(C)(C)C)cc3c2-4)sc2ccccc25)cc1. The van der Waals surface area contributed by atoms with Crippen LogP contribution in [0.25, 0.3) is 89.9 Å². The number of furan rings is 1. The molecule has 13 aromatic rings. The van der Waals surface area contributed by atoms with Gasteiger partial charge < -0.3 is 19.2 Å². The van der Waals surface area contributed by atoms with Gasteiger partial charge in [0.25, 0.3) is 0 Å². The normalized spacial score (nSPS) is 13.2. The minimum absolute atomic E-state index is 0.0198. The van der Waals surface area contributed by atoms with Crippen molar-refractivity contribution in [2.45, 2.75) is 105 Å². The van der Waals surface area contributed by atoms with Crippen molar-refractivity contribution in [3.8, 4) is 16.8 Å². The molecule has 7 heteroatoms. The fourth-order valence-corrected chi connectivity index (χ4v) is 14.6. The summed E-state index contributed by atoms with van der Waals surface area (Å²) in [5.41, 5.74) is 20.2. The van der Waals surface area contributed by atoms with Crippen LogP contribution in [0.1, 0.15) is 105 Å². The summed E-state index contributed by atoms with van der Waals surface area (Å²) in [6.07, 6.45) is 0. The van der Waals surface area contributed by atoms with Crippen LogP contribution >= 0.6 is 22.7 Å². The third-order valence-corrected chi connectivity index (χ3v) is 19.1. The maximum Gasteiger partial charge on any atom is 0.244 e. The molecular weight excluding hydrogens is 998 g/mol. The van der Waals surface area contributed by atoms with E-state index in [1.54, 1.807) is 0 Å². The summed E-state index contributed by atoms with van der Waals surface area (Å²) in [7, 11) is 0.671. The monoisotopic (exact) mass is 1060 g/mol. The maximum atomic E-state index is 7.07. The second kappa shape index (κ2) is 17.5. The molecule has 0 fully saturated rings. The first-order chi connectivity index (χ1) is 37.6. The van der Waals surface area contributed by atoms with E-state index < -0.39 is 0 Å². The van der Waals surface area contributed by atoms with Crippen LogP contribution in [0.2, 0.25) is 0 Å². The number of nitrogens with one attached hydrogen (secondary N) is 1. The van der Waals surface area contributed by atoms with Gasteiger partial charge in [-0.2, -0.15) is 0 Å². The summed E-state index contributed by atoms with van der Waals surface area (Å²) in [4.78, 5) is 2.42. The van der Waals surface area contributed by atoms with E-state index in [1.165, 1.54) is 112 Å². The first kappa shape index (κ1) is 49.7. The fraction of sp³-hybridized carbons (Fsp3) is 0.222. The molecule has 14 rings (SSSR count). The van der Waals surface area contributed by atoms with Gasteiger partial charge in [-0.25, -0.2) is 0 Å². The van der Waals surface area contributed by atoms with Crippen LogP contribution in [0.5, 0.6) is 0 Å². The van der Waals surface area contributed by atoms with Gasteiger partial charge in [0.2, 0.25) is 7.28 Å². The zero-order valence-electron chi connectivity index (χ0n) is 47.5. The Bertz CT molecular complexity index is 4560. The van der Waals surface area contributed by atoms with Crippen molar-refractivity contribution in [1.29, 1.82) is 0 Å². The summed E-state index contributed by atoms with van der Waals surface area (Å²) in [6.45, 7) is 27.4. The summed E-state index contributed by atoms with van der Waals surface area (Å²) >= 11 is 3.76. The maximum absolute atomic E-state index is 7.07. The Labute approximate surface area is 472 Å². The number of hydrogen-bond acceptors (Lipinski definition) is 5. The first-order valence-corrected chi connectivity index (χ1v) is 29.6. The number of nitrogens with zero attached hydrogens (tertiary/aromatic N) is 2. The third-order valence-electron chi connectivity index (χ3n) is 16.8. The topological polar surface area (TPSA) is 33.3 Å². The zero-order valence-corrected chi connectivity index (χ0v) is 49.1. The van der Waals surface area contributed by atoms with E-state index in [0.717, 1.165) is 39.7 Å². The number of fused-ring (bicyclic) bond motifs is 13. The molecule has 4 aromatic heterocycles. The molecule has 9 aromatic carbocycles. The lowest BCUT2D eigenvalue weighted by molar-refractivity contribution is 0.590. The van der Waals surface area contributed by atoms with E-state index in [9.17, 15) is 0 Å². The largest absolute Gasteiger partial charge is 0.469 e. The van der Waals surface area contributed by atoms with Crippen LogP contribution in [0.4, 0.5) is 28.4 Å². The van der Waals surface area contributed by atoms with E-state index in [4.69, 9.17) is 4.42 Å². The molecule has 0 amide bonds. The average Bonchev–Trinajstić information content (AvgIpc) is 4.36. The summed E-state index contributed by atoms with van der Waals surface area (Å²) < 4.78 is 14.7. The zero-order chi connectivity index (χ0) is 54.7. The van der Waals surface area contributed by atoms with Gasteiger partial charge in [0.1, 0.15) is 5.58 Å². The Hall–Kier alpha value is -7.58. The molecule has 0 radical (unpaired) electrons. The number of benzene rings is 9. The Kier molecular flexibility index (Phi) is 11.0. The Morgan fingerprint density at radius 1 is 0.430 bits per heavy atom. The van der Waals surface area contributed by atoms with Crippen LogP contribution < -0.4 is 21.3 Å². The smallest absolute Gasteiger partial charge is 0.244 e. The number of aromatic nitrogens is 1. The molecule has 79 heavy (non-hydrogen) atoms. The predicted octanol–water partition coefficient (Wildman–Crippen LogP) is 20.0. The molecule has 0 spiro atoms. The van der Waals surface area contributed by atoms with Crippen LogP contribution in [0, 0.1) is 0 Å². The highest BCUT2D eigenvalue weighted by atomic mass is 32.1. The molecular formula is C72H66BN3OS2. The van der Waals surface area contributed by atoms with Gasteiger partial charge in [0, 0.05) is 96.0 Å². The molecule has 5 heterocycles. The molecule has 0 saturated carbocycles. The number of thiophene rings is 2. The average molecular weight is 1060 g/mol. The second-order valence-corrected chi connectivity index (χ2v) is 28.5. The summed E-state index contributed by atoms with van der Waals surface area (Å²) in [5, 5.41) is 12.8. The van der Waals surface area contributed by atoms with Crippen LogP contribution in [0.15, 0.2) is 174 Å². The van der Waals surface area contributed by atoms with Crippen molar-refractivity contribution in [1.82, 2.24) is 4.57 Å². The molecule has 0 aliphatic carbocycles. The number of hydrogen-bond donors (Lipinski definition) is 1. The van der Waals surface area contributed by atoms with Crippen molar-refractivity contribution in [2.75, 3.05) is 10.2 Å². The van der Waals surface area contributed by atoms with Crippen LogP contribution in [0.3, 0.4) is 0 Å². The highest BCUT2D eigenvalue weighted by molar-refractivity contribution is 7.26. The summed E-state index contributed by atoms with van der Waals surface area (Å²) in [5.74, 6) is 0. The van der Waals surface area contributed by atoms with Gasteiger partial charge in [-0.1, -0.05) is 162 Å². The van der Waals surface area contributed by atoms with Crippen LogP contribution in [-0.2, 0) is 21.7 Å².